The molecule has 19 heavy (non-hydrogen) atoms. The number of nitrogens with zero attached hydrogens (tertiary/aromatic N) is 2. The number of amides is 1. The lowest BCUT2D eigenvalue weighted by molar-refractivity contribution is -0.139. The third-order valence-electron chi connectivity index (χ3n) is 3.42. The van der Waals surface area contributed by atoms with Gasteiger partial charge in [0.05, 0.1) is 11.1 Å². The van der Waals surface area contributed by atoms with Gasteiger partial charge in [-0.15, -0.1) is 0 Å². The summed E-state index contributed by atoms with van der Waals surface area (Å²) < 4.78 is 0. The second-order valence-corrected chi connectivity index (χ2v) is 6.54. The molecule has 1 fully saturated rings. The number of hydrogen-bond donors (Lipinski definition) is 2. The molecule has 0 aromatic carbocycles. The van der Waals surface area contributed by atoms with Crippen LogP contribution < -0.4 is 5.32 Å². The molecular formula is C14H29N3O2. The van der Waals surface area contributed by atoms with Crippen molar-refractivity contribution in [2.75, 3.05) is 39.3 Å². The van der Waals surface area contributed by atoms with Gasteiger partial charge in [0.25, 0.3) is 0 Å². The van der Waals surface area contributed by atoms with Gasteiger partial charge >= 0.3 is 0 Å². The van der Waals surface area contributed by atoms with Crippen molar-refractivity contribution in [1.29, 1.82) is 0 Å². The Hall–Kier alpha value is -0.650. The van der Waals surface area contributed by atoms with Crippen molar-refractivity contribution in [1.82, 2.24) is 15.1 Å². The smallest absolute Gasteiger partial charge is 0.242 e. The van der Waals surface area contributed by atoms with E-state index in [1.54, 1.807) is 0 Å². The minimum atomic E-state index is -0.671. The van der Waals surface area contributed by atoms with Gasteiger partial charge in [0.1, 0.15) is 0 Å². The molecule has 1 amide bonds. The van der Waals surface area contributed by atoms with Gasteiger partial charge < -0.3 is 15.3 Å². The number of rotatable bonds is 5. The number of aliphatic hydroxyl groups is 1. The average Bonchev–Trinajstić information content (AvgIpc) is 2.27. The summed E-state index contributed by atoms with van der Waals surface area (Å²) in [6, 6.07) is 0. The normalized spacial score (nSPS) is 18.7. The number of carbonyl (C=O) groups is 1. The van der Waals surface area contributed by atoms with E-state index in [0.717, 1.165) is 32.7 Å². The lowest BCUT2D eigenvalue weighted by atomic mass is 10.0. The quantitative estimate of drug-likeness (QED) is 0.755. The van der Waals surface area contributed by atoms with Crippen LogP contribution in [0.4, 0.5) is 0 Å². The maximum Gasteiger partial charge on any atom is 0.242 e. The van der Waals surface area contributed by atoms with Crippen LogP contribution in [0.5, 0.6) is 0 Å². The highest BCUT2D eigenvalue weighted by molar-refractivity contribution is 5.85. The molecule has 112 valence electrons. The van der Waals surface area contributed by atoms with Gasteiger partial charge in [-0.1, -0.05) is 6.92 Å². The van der Waals surface area contributed by atoms with Gasteiger partial charge in [-0.05, 0) is 34.2 Å². The molecule has 0 spiro atoms. The summed E-state index contributed by atoms with van der Waals surface area (Å²) in [5, 5.41) is 13.0. The second kappa shape index (κ2) is 6.20. The van der Waals surface area contributed by atoms with E-state index < -0.39 is 11.1 Å². The Morgan fingerprint density at radius 3 is 2.11 bits per heavy atom. The number of carbonyl (C=O) groups excluding carboxylic acids is 1. The number of β-amino-alcohol motifs (C(OH)–C–C–N with tert-alkyl or cyclic N) is 1. The number of piperazine rings is 1. The van der Waals surface area contributed by atoms with Crippen molar-refractivity contribution in [3.63, 3.8) is 0 Å². The molecule has 0 unspecified atom stereocenters. The first-order chi connectivity index (χ1) is 8.65. The standard InChI is InChI=1S/C14H29N3O2/c1-6-15-14(4,5)12(18)17-9-7-16(8-10-17)11-13(2,3)19/h15,19H,6-11H2,1-5H3. The fourth-order valence-corrected chi connectivity index (χ4v) is 2.57. The fourth-order valence-electron chi connectivity index (χ4n) is 2.57. The van der Waals surface area contributed by atoms with E-state index in [9.17, 15) is 9.90 Å². The highest BCUT2D eigenvalue weighted by atomic mass is 16.3. The molecule has 5 heteroatoms. The Balaban J connectivity index is 2.48. The van der Waals surface area contributed by atoms with E-state index in [0.29, 0.717) is 6.54 Å². The summed E-state index contributed by atoms with van der Waals surface area (Å²) in [4.78, 5) is 16.5. The Morgan fingerprint density at radius 1 is 1.16 bits per heavy atom. The number of nitrogens with one attached hydrogen (secondary N) is 1. The summed E-state index contributed by atoms with van der Waals surface area (Å²) in [6.07, 6.45) is 0. The third-order valence-corrected chi connectivity index (χ3v) is 3.42. The van der Waals surface area contributed by atoms with Crippen molar-refractivity contribution >= 4 is 5.91 Å². The number of likely N-dealkylation sites (N-methyl/N-ethyl adjacent to an activating group) is 1. The Kier molecular flexibility index (Phi) is 5.35. The zero-order chi connectivity index (χ0) is 14.7. The van der Waals surface area contributed by atoms with Crippen LogP contribution in [-0.4, -0.2) is 71.2 Å². The van der Waals surface area contributed by atoms with Crippen molar-refractivity contribution in [3.05, 3.63) is 0 Å². The summed E-state index contributed by atoms with van der Waals surface area (Å²) in [5.41, 5.74) is -1.16. The molecule has 1 saturated heterocycles. The first-order valence-corrected chi connectivity index (χ1v) is 7.15. The third kappa shape index (κ3) is 5.09. The molecular weight excluding hydrogens is 242 g/mol. The average molecular weight is 271 g/mol. The highest BCUT2D eigenvalue weighted by Gasteiger charge is 2.33. The van der Waals surface area contributed by atoms with Crippen LogP contribution in [0, 0.1) is 0 Å². The van der Waals surface area contributed by atoms with Gasteiger partial charge in [-0.25, -0.2) is 0 Å². The van der Waals surface area contributed by atoms with Crippen LogP contribution in [0.1, 0.15) is 34.6 Å². The maximum atomic E-state index is 12.4. The second-order valence-electron chi connectivity index (χ2n) is 6.54. The Bertz CT molecular complexity index is 302. The van der Waals surface area contributed by atoms with Crippen LogP contribution in [-0.2, 0) is 4.79 Å². The molecule has 0 saturated carbocycles. The van der Waals surface area contributed by atoms with Gasteiger partial charge in [-0.3, -0.25) is 9.69 Å². The Labute approximate surface area is 117 Å². The summed E-state index contributed by atoms with van der Waals surface area (Å²) in [5.74, 6) is 0.164. The molecule has 1 rings (SSSR count). The molecule has 5 nitrogen and oxygen atoms in total. The van der Waals surface area contributed by atoms with Crippen LogP contribution in [0.2, 0.25) is 0 Å². The zero-order valence-corrected chi connectivity index (χ0v) is 13.0. The minimum absolute atomic E-state index is 0.164. The molecule has 1 aliphatic heterocycles. The molecule has 0 aromatic heterocycles. The molecule has 0 aromatic rings. The lowest BCUT2D eigenvalue weighted by Gasteiger charge is -2.40. The lowest BCUT2D eigenvalue weighted by Crippen LogP contribution is -2.59. The summed E-state index contributed by atoms with van der Waals surface area (Å²) in [6.45, 7) is 14.1. The molecule has 0 bridgehead atoms. The minimum Gasteiger partial charge on any atom is -0.389 e. The van der Waals surface area contributed by atoms with Crippen molar-refractivity contribution < 1.29 is 9.90 Å². The summed E-state index contributed by atoms with van der Waals surface area (Å²) in [7, 11) is 0. The van der Waals surface area contributed by atoms with Crippen LogP contribution >= 0.6 is 0 Å². The molecule has 0 radical (unpaired) electrons. The van der Waals surface area contributed by atoms with Gasteiger partial charge in [0.15, 0.2) is 0 Å². The first-order valence-electron chi connectivity index (χ1n) is 7.15. The molecule has 1 heterocycles. The monoisotopic (exact) mass is 271 g/mol. The van der Waals surface area contributed by atoms with E-state index >= 15 is 0 Å². The summed E-state index contributed by atoms with van der Waals surface area (Å²) >= 11 is 0. The maximum absolute atomic E-state index is 12.4. The molecule has 0 atom stereocenters. The van der Waals surface area contributed by atoms with Crippen LogP contribution in [0.15, 0.2) is 0 Å². The van der Waals surface area contributed by atoms with Crippen molar-refractivity contribution in [2.45, 2.75) is 45.8 Å². The highest BCUT2D eigenvalue weighted by Crippen LogP contribution is 2.13. The molecule has 1 aliphatic rings. The largest absolute Gasteiger partial charge is 0.389 e. The van der Waals surface area contributed by atoms with E-state index in [-0.39, 0.29) is 5.91 Å². The van der Waals surface area contributed by atoms with Crippen LogP contribution in [0.25, 0.3) is 0 Å². The van der Waals surface area contributed by atoms with E-state index in [4.69, 9.17) is 0 Å². The van der Waals surface area contributed by atoms with E-state index in [1.165, 1.54) is 0 Å². The predicted octanol–water partition coefficient (Wildman–Crippen LogP) is 0.290. The molecule has 0 aliphatic carbocycles. The van der Waals surface area contributed by atoms with Gasteiger partial charge in [0.2, 0.25) is 5.91 Å². The predicted molar refractivity (Wildman–Crippen MR) is 77.1 cm³/mol. The van der Waals surface area contributed by atoms with Gasteiger partial charge in [0, 0.05) is 32.7 Å². The SMILES string of the molecule is CCNC(C)(C)C(=O)N1CCN(CC(C)(C)O)CC1. The fraction of sp³-hybridized carbons (Fsp3) is 0.929. The Morgan fingerprint density at radius 2 is 1.68 bits per heavy atom. The zero-order valence-electron chi connectivity index (χ0n) is 13.0. The first kappa shape index (κ1) is 16.4. The van der Waals surface area contributed by atoms with E-state index in [1.807, 2.05) is 39.5 Å². The molecule has 2 N–H and O–H groups in total. The topological polar surface area (TPSA) is 55.8 Å². The number of hydrogen-bond acceptors (Lipinski definition) is 4. The van der Waals surface area contributed by atoms with Crippen molar-refractivity contribution in [3.8, 4) is 0 Å². The van der Waals surface area contributed by atoms with Crippen LogP contribution in [0.3, 0.4) is 0 Å². The van der Waals surface area contributed by atoms with Crippen molar-refractivity contribution in [2.24, 2.45) is 0 Å². The van der Waals surface area contributed by atoms with E-state index in [2.05, 4.69) is 10.2 Å². The van der Waals surface area contributed by atoms with Gasteiger partial charge in [-0.2, -0.15) is 0 Å².